The Morgan fingerprint density at radius 2 is 2.10 bits per heavy atom. The van der Waals surface area contributed by atoms with Gasteiger partial charge in [-0.15, -0.1) is 0 Å². The SMILES string of the molecule is CCCCOCCNS(=O)(=O)c1ccc(Br)c(C(=O)O)c1. The lowest BCUT2D eigenvalue weighted by atomic mass is 10.2. The van der Waals surface area contributed by atoms with Crippen LogP contribution in [0.4, 0.5) is 0 Å². The van der Waals surface area contributed by atoms with Gasteiger partial charge in [0.15, 0.2) is 0 Å². The average Bonchev–Trinajstić information content (AvgIpc) is 2.42. The van der Waals surface area contributed by atoms with E-state index in [0.29, 0.717) is 11.1 Å². The van der Waals surface area contributed by atoms with Crippen LogP contribution in [0.15, 0.2) is 27.6 Å². The molecule has 21 heavy (non-hydrogen) atoms. The molecule has 0 spiro atoms. The van der Waals surface area contributed by atoms with E-state index < -0.39 is 16.0 Å². The fourth-order valence-corrected chi connectivity index (χ4v) is 2.97. The summed E-state index contributed by atoms with van der Waals surface area (Å²) in [6, 6.07) is 3.86. The first-order chi connectivity index (χ1) is 9.88. The van der Waals surface area contributed by atoms with E-state index in [1.807, 2.05) is 6.92 Å². The van der Waals surface area contributed by atoms with Gasteiger partial charge in [-0.25, -0.2) is 17.9 Å². The van der Waals surface area contributed by atoms with E-state index in [1.54, 1.807) is 0 Å². The van der Waals surface area contributed by atoms with Crippen molar-refractivity contribution in [3.8, 4) is 0 Å². The summed E-state index contributed by atoms with van der Waals surface area (Å²) in [7, 11) is -3.74. The average molecular weight is 380 g/mol. The van der Waals surface area contributed by atoms with Crippen molar-refractivity contribution in [2.24, 2.45) is 0 Å². The minimum Gasteiger partial charge on any atom is -0.478 e. The van der Waals surface area contributed by atoms with Crippen molar-refractivity contribution in [3.05, 3.63) is 28.2 Å². The van der Waals surface area contributed by atoms with Gasteiger partial charge in [-0.2, -0.15) is 0 Å². The molecule has 0 atom stereocenters. The number of hydrogen-bond donors (Lipinski definition) is 2. The highest BCUT2D eigenvalue weighted by atomic mass is 79.9. The van der Waals surface area contributed by atoms with Crippen LogP contribution in [0.3, 0.4) is 0 Å². The highest BCUT2D eigenvalue weighted by Gasteiger charge is 2.17. The number of hydrogen-bond acceptors (Lipinski definition) is 4. The van der Waals surface area contributed by atoms with Crippen molar-refractivity contribution < 1.29 is 23.1 Å². The molecule has 1 rings (SSSR count). The van der Waals surface area contributed by atoms with Crippen molar-refractivity contribution in [2.75, 3.05) is 19.8 Å². The Morgan fingerprint density at radius 3 is 2.71 bits per heavy atom. The summed E-state index contributed by atoms with van der Waals surface area (Å²) in [6.45, 7) is 3.06. The summed E-state index contributed by atoms with van der Waals surface area (Å²) < 4.78 is 32.0. The van der Waals surface area contributed by atoms with E-state index >= 15 is 0 Å². The van der Waals surface area contributed by atoms with E-state index in [9.17, 15) is 13.2 Å². The number of carboxylic acids is 1. The van der Waals surface area contributed by atoms with Crippen molar-refractivity contribution in [1.29, 1.82) is 0 Å². The minimum atomic E-state index is -3.74. The van der Waals surface area contributed by atoms with E-state index in [1.165, 1.54) is 12.1 Å². The summed E-state index contributed by atoms with van der Waals surface area (Å²) >= 11 is 3.07. The lowest BCUT2D eigenvalue weighted by Crippen LogP contribution is -2.27. The van der Waals surface area contributed by atoms with Gasteiger partial charge in [0.2, 0.25) is 10.0 Å². The molecule has 0 radical (unpaired) electrons. The number of unbranched alkanes of at least 4 members (excludes halogenated alkanes) is 1. The summed E-state index contributed by atoms with van der Waals surface area (Å²) in [5, 5.41) is 8.99. The molecule has 0 aromatic heterocycles. The molecule has 0 aliphatic heterocycles. The molecular weight excluding hydrogens is 362 g/mol. The summed E-state index contributed by atoms with van der Waals surface area (Å²) in [4.78, 5) is 10.9. The zero-order valence-corrected chi connectivity index (χ0v) is 14.0. The molecule has 0 bridgehead atoms. The molecule has 2 N–H and O–H groups in total. The Kier molecular flexibility index (Phi) is 7.30. The molecule has 0 unspecified atom stereocenters. The Morgan fingerprint density at radius 1 is 1.38 bits per heavy atom. The number of sulfonamides is 1. The predicted molar refractivity (Wildman–Crippen MR) is 82.0 cm³/mol. The summed E-state index contributed by atoms with van der Waals surface area (Å²) in [5.41, 5.74) is -0.0999. The molecule has 0 amide bonds. The van der Waals surface area contributed by atoms with Gasteiger partial charge in [-0.3, -0.25) is 0 Å². The van der Waals surface area contributed by atoms with Crippen LogP contribution in [-0.4, -0.2) is 39.3 Å². The second-order valence-electron chi connectivity index (χ2n) is 4.31. The zero-order chi connectivity index (χ0) is 15.9. The Balaban J connectivity index is 2.66. The number of carbonyl (C=O) groups is 1. The lowest BCUT2D eigenvalue weighted by Gasteiger charge is -2.08. The molecule has 1 aromatic rings. The zero-order valence-electron chi connectivity index (χ0n) is 11.6. The van der Waals surface area contributed by atoms with Crippen LogP contribution in [0.2, 0.25) is 0 Å². The van der Waals surface area contributed by atoms with Crippen LogP contribution < -0.4 is 4.72 Å². The monoisotopic (exact) mass is 379 g/mol. The number of aromatic carboxylic acids is 1. The van der Waals surface area contributed by atoms with Gasteiger partial charge in [0.05, 0.1) is 17.1 Å². The first-order valence-corrected chi connectivity index (χ1v) is 8.76. The van der Waals surface area contributed by atoms with Crippen LogP contribution in [0.25, 0.3) is 0 Å². The summed E-state index contributed by atoms with van der Waals surface area (Å²) in [6.07, 6.45) is 1.95. The number of nitrogens with one attached hydrogen (secondary N) is 1. The van der Waals surface area contributed by atoms with E-state index in [2.05, 4.69) is 20.7 Å². The van der Waals surface area contributed by atoms with Crippen LogP contribution in [0.1, 0.15) is 30.1 Å². The highest BCUT2D eigenvalue weighted by molar-refractivity contribution is 9.10. The second-order valence-corrected chi connectivity index (χ2v) is 6.93. The Labute approximate surface area is 132 Å². The Hall–Kier alpha value is -0.960. The number of carboxylic acid groups (broad SMARTS) is 1. The molecule has 0 fully saturated rings. The van der Waals surface area contributed by atoms with Crippen molar-refractivity contribution in [1.82, 2.24) is 4.72 Å². The molecule has 118 valence electrons. The molecule has 0 heterocycles. The Bertz CT molecular complexity index is 588. The molecule has 8 heteroatoms. The third kappa shape index (κ3) is 5.74. The fraction of sp³-hybridized carbons (Fsp3) is 0.462. The topological polar surface area (TPSA) is 92.7 Å². The molecule has 0 aliphatic rings. The van der Waals surface area contributed by atoms with Gasteiger partial charge < -0.3 is 9.84 Å². The maximum atomic E-state index is 12.0. The van der Waals surface area contributed by atoms with Gasteiger partial charge in [0, 0.05) is 17.6 Å². The second kappa shape index (κ2) is 8.47. The van der Waals surface area contributed by atoms with Crippen molar-refractivity contribution in [3.63, 3.8) is 0 Å². The van der Waals surface area contributed by atoms with Gasteiger partial charge in [0.1, 0.15) is 0 Å². The van der Waals surface area contributed by atoms with Gasteiger partial charge in [0.25, 0.3) is 0 Å². The molecule has 1 aromatic carbocycles. The van der Waals surface area contributed by atoms with Crippen LogP contribution in [0.5, 0.6) is 0 Å². The van der Waals surface area contributed by atoms with Gasteiger partial charge >= 0.3 is 5.97 Å². The van der Waals surface area contributed by atoms with Crippen LogP contribution in [0, 0.1) is 0 Å². The molecule has 6 nitrogen and oxygen atoms in total. The van der Waals surface area contributed by atoms with E-state index in [0.717, 1.165) is 18.9 Å². The molecule has 0 saturated heterocycles. The third-order valence-electron chi connectivity index (χ3n) is 2.66. The van der Waals surface area contributed by atoms with E-state index in [-0.39, 0.29) is 23.6 Å². The van der Waals surface area contributed by atoms with Gasteiger partial charge in [-0.05, 0) is 40.5 Å². The number of halogens is 1. The first kappa shape index (κ1) is 18.1. The maximum absolute atomic E-state index is 12.0. The van der Waals surface area contributed by atoms with Crippen molar-refractivity contribution >= 4 is 31.9 Å². The number of rotatable bonds is 9. The normalized spacial score (nSPS) is 11.5. The largest absolute Gasteiger partial charge is 0.478 e. The number of benzene rings is 1. The predicted octanol–water partition coefficient (Wildman–Crippen LogP) is 2.24. The highest BCUT2D eigenvalue weighted by Crippen LogP contribution is 2.20. The first-order valence-electron chi connectivity index (χ1n) is 6.48. The van der Waals surface area contributed by atoms with E-state index in [4.69, 9.17) is 9.84 Å². The standard InChI is InChI=1S/C13H18BrNO5S/c1-2-3-7-20-8-6-15-21(18,19)10-4-5-12(14)11(9-10)13(16)17/h4-5,9,15H,2-3,6-8H2,1H3,(H,16,17). The fourth-order valence-electron chi connectivity index (χ4n) is 1.52. The molecule has 0 saturated carbocycles. The summed E-state index contributed by atoms with van der Waals surface area (Å²) in [5.74, 6) is -1.19. The number of ether oxygens (including phenoxy) is 1. The van der Waals surface area contributed by atoms with Gasteiger partial charge in [-0.1, -0.05) is 13.3 Å². The lowest BCUT2D eigenvalue weighted by molar-refractivity contribution is 0.0695. The molecule has 0 aliphatic carbocycles. The molecular formula is C13H18BrNO5S. The maximum Gasteiger partial charge on any atom is 0.336 e. The minimum absolute atomic E-state index is 0.0864. The third-order valence-corrected chi connectivity index (χ3v) is 4.81. The quantitative estimate of drug-likeness (QED) is 0.641. The van der Waals surface area contributed by atoms with Crippen molar-refractivity contribution in [2.45, 2.75) is 24.7 Å². The van der Waals surface area contributed by atoms with Crippen LogP contribution in [-0.2, 0) is 14.8 Å². The van der Waals surface area contributed by atoms with Crippen LogP contribution >= 0.6 is 15.9 Å². The smallest absolute Gasteiger partial charge is 0.336 e.